The Balaban J connectivity index is 1.55. The Morgan fingerprint density at radius 1 is 0.962 bits per heavy atom. The topological polar surface area (TPSA) is 82.1 Å². The monoisotopic (exact) mass is 362 g/mol. The molecule has 2 fully saturated rings. The van der Waals surface area contributed by atoms with Crippen LogP contribution in [-0.4, -0.2) is 103 Å². The van der Waals surface area contributed by atoms with Gasteiger partial charge >= 0.3 is 6.09 Å². The molecular weight excluding hydrogens is 336 g/mol. The van der Waals surface area contributed by atoms with Gasteiger partial charge in [0.25, 0.3) is 5.91 Å². The first-order chi connectivity index (χ1) is 12.6. The highest BCUT2D eigenvalue weighted by Crippen LogP contribution is 2.14. The molecule has 0 radical (unpaired) electrons. The van der Waals surface area contributed by atoms with Gasteiger partial charge in [0.1, 0.15) is 0 Å². The lowest BCUT2D eigenvalue weighted by Gasteiger charge is -2.34. The van der Waals surface area contributed by atoms with Crippen LogP contribution in [0.1, 0.15) is 17.4 Å². The zero-order valence-corrected chi connectivity index (χ0v) is 15.4. The molecule has 0 unspecified atom stereocenters. The summed E-state index contributed by atoms with van der Waals surface area (Å²) in [5.41, 5.74) is 0.340. The molecule has 2 saturated heterocycles. The van der Waals surface area contributed by atoms with Gasteiger partial charge in [-0.15, -0.1) is 10.2 Å². The van der Waals surface area contributed by atoms with Gasteiger partial charge in [0.15, 0.2) is 11.5 Å². The number of hydrogen-bond donors (Lipinski definition) is 0. The fourth-order valence-corrected chi connectivity index (χ4v) is 3.11. The third-order valence-electron chi connectivity index (χ3n) is 4.79. The van der Waals surface area contributed by atoms with Crippen molar-refractivity contribution in [2.75, 3.05) is 70.9 Å². The second kappa shape index (κ2) is 8.31. The van der Waals surface area contributed by atoms with Gasteiger partial charge < -0.3 is 24.3 Å². The predicted molar refractivity (Wildman–Crippen MR) is 96.2 cm³/mol. The number of piperazine rings is 2. The van der Waals surface area contributed by atoms with E-state index in [0.717, 1.165) is 32.0 Å². The van der Waals surface area contributed by atoms with E-state index < -0.39 is 0 Å². The third kappa shape index (κ3) is 4.21. The molecule has 0 saturated carbocycles. The highest BCUT2D eigenvalue weighted by Gasteiger charge is 2.26. The number of hydrogen-bond acceptors (Lipinski definition) is 7. The predicted octanol–water partition coefficient (Wildman–Crippen LogP) is 0.143. The molecule has 9 heteroatoms. The van der Waals surface area contributed by atoms with Crippen LogP contribution >= 0.6 is 0 Å². The highest BCUT2D eigenvalue weighted by atomic mass is 16.6. The summed E-state index contributed by atoms with van der Waals surface area (Å²) in [6.45, 7) is 7.83. The lowest BCUT2D eigenvalue weighted by atomic mass is 10.2. The van der Waals surface area contributed by atoms with E-state index in [1.54, 1.807) is 22.8 Å². The quantitative estimate of drug-likeness (QED) is 0.757. The molecule has 2 aliphatic rings. The van der Waals surface area contributed by atoms with Crippen molar-refractivity contribution < 1.29 is 14.3 Å². The number of amides is 2. The first-order valence-corrected chi connectivity index (χ1v) is 9.06. The molecule has 0 spiro atoms. The molecule has 0 N–H and O–H groups in total. The third-order valence-corrected chi connectivity index (χ3v) is 4.79. The zero-order chi connectivity index (χ0) is 18.5. The Kier molecular flexibility index (Phi) is 5.87. The van der Waals surface area contributed by atoms with Crippen molar-refractivity contribution in [3.8, 4) is 0 Å². The molecule has 26 heavy (non-hydrogen) atoms. The molecule has 2 aliphatic heterocycles. The lowest BCUT2D eigenvalue weighted by molar-refractivity contribution is 0.0565. The smallest absolute Gasteiger partial charge is 0.409 e. The fourth-order valence-electron chi connectivity index (χ4n) is 3.11. The number of anilines is 1. The van der Waals surface area contributed by atoms with E-state index in [4.69, 9.17) is 4.74 Å². The van der Waals surface area contributed by atoms with Gasteiger partial charge in [-0.05, 0) is 26.1 Å². The molecule has 0 aliphatic carbocycles. The zero-order valence-electron chi connectivity index (χ0n) is 15.4. The van der Waals surface area contributed by atoms with E-state index >= 15 is 0 Å². The Hall–Kier alpha value is -2.42. The van der Waals surface area contributed by atoms with Crippen LogP contribution in [-0.2, 0) is 4.74 Å². The highest BCUT2D eigenvalue weighted by molar-refractivity contribution is 5.92. The molecule has 3 rings (SSSR count). The summed E-state index contributed by atoms with van der Waals surface area (Å²) < 4.78 is 4.99. The minimum atomic E-state index is -0.323. The van der Waals surface area contributed by atoms with Crippen molar-refractivity contribution in [2.24, 2.45) is 0 Å². The second-order valence-corrected chi connectivity index (χ2v) is 6.55. The largest absolute Gasteiger partial charge is 0.450 e. The average molecular weight is 362 g/mol. The maximum Gasteiger partial charge on any atom is 0.409 e. The van der Waals surface area contributed by atoms with Gasteiger partial charge in [-0.3, -0.25) is 4.79 Å². The first-order valence-electron chi connectivity index (χ1n) is 9.06. The van der Waals surface area contributed by atoms with Crippen molar-refractivity contribution >= 4 is 17.8 Å². The molecule has 1 aromatic rings. The molecular formula is C17H26N6O3. The van der Waals surface area contributed by atoms with Gasteiger partial charge in [-0.25, -0.2) is 4.79 Å². The number of aromatic nitrogens is 2. The van der Waals surface area contributed by atoms with Crippen LogP contribution < -0.4 is 4.90 Å². The lowest BCUT2D eigenvalue weighted by Crippen LogP contribution is -2.51. The van der Waals surface area contributed by atoms with E-state index in [0.29, 0.717) is 38.5 Å². The van der Waals surface area contributed by atoms with Crippen molar-refractivity contribution in [1.29, 1.82) is 0 Å². The number of ether oxygens (including phenoxy) is 1. The van der Waals surface area contributed by atoms with Crippen LogP contribution in [0.5, 0.6) is 0 Å². The fraction of sp³-hybridized carbons (Fsp3) is 0.647. The van der Waals surface area contributed by atoms with Gasteiger partial charge in [-0.2, -0.15) is 0 Å². The molecule has 0 aromatic carbocycles. The SMILES string of the molecule is CCOC(=O)N1CCN(C(=O)c2ccc(N3CCN(C)CC3)nn2)CC1. The molecule has 9 nitrogen and oxygen atoms in total. The van der Waals surface area contributed by atoms with Crippen LogP contribution in [0.25, 0.3) is 0 Å². The first kappa shape index (κ1) is 18.4. The number of likely N-dealkylation sites (N-methyl/N-ethyl adjacent to an activating group) is 1. The van der Waals surface area contributed by atoms with Crippen LogP contribution in [0.15, 0.2) is 12.1 Å². The van der Waals surface area contributed by atoms with Crippen LogP contribution in [0.3, 0.4) is 0 Å². The van der Waals surface area contributed by atoms with E-state index in [1.165, 1.54) is 0 Å². The van der Waals surface area contributed by atoms with Crippen molar-refractivity contribution in [1.82, 2.24) is 24.9 Å². The number of carbonyl (C=O) groups is 2. The minimum Gasteiger partial charge on any atom is -0.450 e. The standard InChI is InChI=1S/C17H26N6O3/c1-3-26-17(25)23-12-10-22(11-13-23)16(24)14-4-5-15(19-18-14)21-8-6-20(2)7-9-21/h4-5H,3,6-13H2,1-2H3. The molecule has 0 atom stereocenters. The maximum absolute atomic E-state index is 12.6. The van der Waals surface area contributed by atoms with E-state index in [-0.39, 0.29) is 12.0 Å². The normalized spacial score (nSPS) is 18.8. The van der Waals surface area contributed by atoms with Crippen LogP contribution in [0.4, 0.5) is 10.6 Å². The van der Waals surface area contributed by atoms with Crippen molar-refractivity contribution in [3.05, 3.63) is 17.8 Å². The van der Waals surface area contributed by atoms with E-state index in [1.807, 2.05) is 6.07 Å². The summed E-state index contributed by atoms with van der Waals surface area (Å²) in [7, 11) is 2.10. The summed E-state index contributed by atoms with van der Waals surface area (Å²) in [5, 5.41) is 8.37. The Morgan fingerprint density at radius 2 is 1.62 bits per heavy atom. The molecule has 142 valence electrons. The van der Waals surface area contributed by atoms with Crippen LogP contribution in [0, 0.1) is 0 Å². The molecule has 2 amide bonds. The molecule has 0 bridgehead atoms. The average Bonchev–Trinajstić information content (AvgIpc) is 2.68. The van der Waals surface area contributed by atoms with Crippen molar-refractivity contribution in [2.45, 2.75) is 6.92 Å². The molecule has 3 heterocycles. The van der Waals surface area contributed by atoms with Gasteiger partial charge in [0.2, 0.25) is 0 Å². The van der Waals surface area contributed by atoms with Gasteiger partial charge in [-0.1, -0.05) is 0 Å². The summed E-state index contributed by atoms with van der Waals surface area (Å²) in [5.74, 6) is 0.660. The Labute approximate surface area is 153 Å². The summed E-state index contributed by atoms with van der Waals surface area (Å²) in [4.78, 5) is 32.1. The molecule has 1 aromatic heterocycles. The minimum absolute atomic E-state index is 0.147. The summed E-state index contributed by atoms with van der Waals surface area (Å²) in [6, 6.07) is 3.60. The Morgan fingerprint density at radius 3 is 2.19 bits per heavy atom. The van der Waals surface area contributed by atoms with Crippen LogP contribution in [0.2, 0.25) is 0 Å². The summed E-state index contributed by atoms with van der Waals surface area (Å²) in [6.07, 6.45) is -0.323. The number of rotatable bonds is 3. The summed E-state index contributed by atoms with van der Waals surface area (Å²) >= 11 is 0. The number of carbonyl (C=O) groups excluding carboxylic acids is 2. The van der Waals surface area contributed by atoms with E-state index in [9.17, 15) is 9.59 Å². The van der Waals surface area contributed by atoms with E-state index in [2.05, 4.69) is 27.0 Å². The van der Waals surface area contributed by atoms with Gasteiger partial charge in [0, 0.05) is 52.4 Å². The Bertz CT molecular complexity index is 622. The second-order valence-electron chi connectivity index (χ2n) is 6.55. The number of nitrogens with zero attached hydrogens (tertiary/aromatic N) is 6. The van der Waals surface area contributed by atoms with Crippen molar-refractivity contribution in [3.63, 3.8) is 0 Å². The maximum atomic E-state index is 12.6. The van der Waals surface area contributed by atoms with Gasteiger partial charge in [0.05, 0.1) is 6.61 Å².